The predicted octanol–water partition coefficient (Wildman–Crippen LogP) is 4.00. The molecule has 0 saturated carbocycles. The Hall–Kier alpha value is -3.30. The third-order valence-corrected chi connectivity index (χ3v) is 6.35. The number of nitriles is 1. The van der Waals surface area contributed by atoms with Crippen LogP contribution in [0, 0.1) is 11.3 Å². The summed E-state index contributed by atoms with van der Waals surface area (Å²) in [5, 5.41) is 9.18. The first-order chi connectivity index (χ1) is 13.5. The fourth-order valence-corrected chi connectivity index (χ4v) is 4.24. The zero-order valence-electron chi connectivity index (χ0n) is 15.5. The molecule has 3 aromatic carbocycles. The van der Waals surface area contributed by atoms with E-state index >= 15 is 0 Å². The van der Waals surface area contributed by atoms with Gasteiger partial charge in [0.05, 0.1) is 15.4 Å². The maximum atomic E-state index is 12.7. The molecular formula is C22H21N3O2S. The molecule has 0 aliphatic heterocycles. The van der Waals surface area contributed by atoms with E-state index in [2.05, 4.69) is 11.0 Å². The zero-order valence-corrected chi connectivity index (χ0v) is 16.4. The van der Waals surface area contributed by atoms with Crippen molar-refractivity contribution in [2.75, 3.05) is 17.2 Å². The highest BCUT2D eigenvalue weighted by Crippen LogP contribution is 2.24. The van der Waals surface area contributed by atoms with Gasteiger partial charge in [-0.3, -0.25) is 0 Å². The van der Waals surface area contributed by atoms with Crippen LogP contribution in [0.2, 0.25) is 0 Å². The molecule has 0 fully saturated rings. The van der Waals surface area contributed by atoms with E-state index in [1.165, 1.54) is 0 Å². The first-order valence-electron chi connectivity index (χ1n) is 8.89. The largest absolute Gasteiger partial charge is 0.398 e. The highest BCUT2D eigenvalue weighted by Gasteiger charge is 2.17. The van der Waals surface area contributed by atoms with E-state index in [1.807, 2.05) is 25.1 Å². The van der Waals surface area contributed by atoms with Crippen molar-refractivity contribution in [3.05, 3.63) is 83.9 Å². The van der Waals surface area contributed by atoms with Crippen LogP contribution in [0.4, 0.5) is 11.4 Å². The highest BCUT2D eigenvalue weighted by atomic mass is 32.2. The number of nitrogen functional groups attached to an aromatic ring is 1. The van der Waals surface area contributed by atoms with Crippen LogP contribution in [0.1, 0.15) is 18.1 Å². The van der Waals surface area contributed by atoms with Crippen LogP contribution in [-0.2, 0) is 16.4 Å². The van der Waals surface area contributed by atoms with E-state index in [-0.39, 0.29) is 9.79 Å². The molecule has 0 saturated heterocycles. The van der Waals surface area contributed by atoms with Crippen molar-refractivity contribution in [1.82, 2.24) is 0 Å². The number of hydrogen-bond acceptors (Lipinski definition) is 5. The van der Waals surface area contributed by atoms with Gasteiger partial charge in [0.15, 0.2) is 0 Å². The van der Waals surface area contributed by atoms with Crippen molar-refractivity contribution in [3.8, 4) is 6.07 Å². The van der Waals surface area contributed by atoms with Crippen molar-refractivity contribution < 1.29 is 8.42 Å². The lowest BCUT2D eigenvalue weighted by atomic mass is 10.1. The minimum atomic E-state index is -3.52. The normalized spacial score (nSPS) is 11.0. The van der Waals surface area contributed by atoms with Crippen LogP contribution in [-0.4, -0.2) is 15.0 Å². The molecule has 3 aromatic rings. The van der Waals surface area contributed by atoms with Gasteiger partial charge in [0, 0.05) is 24.5 Å². The average Bonchev–Trinajstić information content (AvgIpc) is 2.73. The third-order valence-electron chi connectivity index (χ3n) is 4.56. The summed E-state index contributed by atoms with van der Waals surface area (Å²) in [6.07, 6.45) is 0. The lowest BCUT2D eigenvalue weighted by molar-refractivity contribution is 0.596. The second-order valence-corrected chi connectivity index (χ2v) is 8.31. The van der Waals surface area contributed by atoms with E-state index in [9.17, 15) is 13.7 Å². The number of anilines is 2. The number of nitrogens with zero attached hydrogens (tertiary/aromatic N) is 2. The summed E-state index contributed by atoms with van der Waals surface area (Å²) in [6, 6.07) is 22.8. The van der Waals surface area contributed by atoms with Crippen molar-refractivity contribution in [2.45, 2.75) is 23.3 Å². The smallest absolute Gasteiger partial charge is 0.206 e. The Kier molecular flexibility index (Phi) is 5.67. The molecule has 0 heterocycles. The molecule has 0 amide bonds. The molecule has 0 aromatic heterocycles. The maximum absolute atomic E-state index is 12.7. The summed E-state index contributed by atoms with van der Waals surface area (Å²) in [5.74, 6) is 0. The second kappa shape index (κ2) is 8.15. The van der Waals surface area contributed by atoms with Crippen LogP contribution in [0.3, 0.4) is 0 Å². The average molecular weight is 391 g/mol. The zero-order chi connectivity index (χ0) is 20.1. The topological polar surface area (TPSA) is 87.2 Å². The number of hydrogen-bond donors (Lipinski definition) is 1. The Morgan fingerprint density at radius 1 is 0.964 bits per heavy atom. The van der Waals surface area contributed by atoms with Crippen LogP contribution in [0.5, 0.6) is 0 Å². The lowest BCUT2D eigenvalue weighted by Gasteiger charge is -2.24. The molecular weight excluding hydrogens is 370 g/mol. The number of rotatable bonds is 6. The van der Waals surface area contributed by atoms with E-state index in [0.29, 0.717) is 17.8 Å². The van der Waals surface area contributed by atoms with Crippen LogP contribution < -0.4 is 10.6 Å². The molecule has 0 bridgehead atoms. The molecule has 5 nitrogen and oxygen atoms in total. The van der Waals surface area contributed by atoms with Crippen LogP contribution >= 0.6 is 0 Å². The van der Waals surface area contributed by atoms with Gasteiger partial charge in [-0.1, -0.05) is 30.3 Å². The number of sulfone groups is 1. The van der Waals surface area contributed by atoms with Crippen molar-refractivity contribution in [1.29, 1.82) is 5.26 Å². The first-order valence-corrected chi connectivity index (χ1v) is 10.4. The predicted molar refractivity (Wildman–Crippen MR) is 111 cm³/mol. The Bertz CT molecular complexity index is 1100. The quantitative estimate of drug-likeness (QED) is 0.642. The highest BCUT2D eigenvalue weighted by molar-refractivity contribution is 7.91. The summed E-state index contributed by atoms with van der Waals surface area (Å²) >= 11 is 0. The van der Waals surface area contributed by atoms with E-state index in [0.717, 1.165) is 17.8 Å². The lowest BCUT2D eigenvalue weighted by Crippen LogP contribution is -2.22. The summed E-state index contributed by atoms with van der Waals surface area (Å²) in [4.78, 5) is 2.65. The summed E-state index contributed by atoms with van der Waals surface area (Å²) in [7, 11) is -3.52. The van der Waals surface area contributed by atoms with Crippen molar-refractivity contribution in [3.63, 3.8) is 0 Å². The van der Waals surface area contributed by atoms with E-state index < -0.39 is 9.84 Å². The van der Waals surface area contributed by atoms with Crippen LogP contribution in [0.25, 0.3) is 0 Å². The summed E-state index contributed by atoms with van der Waals surface area (Å²) < 4.78 is 25.4. The van der Waals surface area contributed by atoms with Crippen LogP contribution in [0.15, 0.2) is 82.6 Å². The molecule has 0 spiro atoms. The van der Waals surface area contributed by atoms with E-state index in [4.69, 9.17) is 5.73 Å². The van der Waals surface area contributed by atoms with Gasteiger partial charge in [0.25, 0.3) is 0 Å². The number of nitrogens with two attached hydrogens (primary N) is 1. The van der Waals surface area contributed by atoms with E-state index in [1.54, 1.807) is 54.6 Å². The Labute approximate surface area is 165 Å². The van der Waals surface area contributed by atoms with Gasteiger partial charge in [0.2, 0.25) is 9.84 Å². The summed E-state index contributed by atoms with van der Waals surface area (Å²) in [5.41, 5.74) is 8.58. The molecule has 0 aliphatic carbocycles. The van der Waals surface area contributed by atoms with Gasteiger partial charge < -0.3 is 10.6 Å². The standard InChI is InChI=1S/C22H21N3O2S/c1-2-25(19-10-13-22(24)18(14-19)15-23)16-17-8-11-21(12-9-17)28(26,27)20-6-4-3-5-7-20/h3-14H,2,16,24H2,1H3. The summed E-state index contributed by atoms with van der Waals surface area (Å²) in [6.45, 7) is 3.35. The van der Waals surface area contributed by atoms with Crippen molar-refractivity contribution >= 4 is 21.2 Å². The first kappa shape index (κ1) is 19.5. The van der Waals surface area contributed by atoms with Crippen molar-refractivity contribution in [2.24, 2.45) is 0 Å². The van der Waals surface area contributed by atoms with Gasteiger partial charge in [0.1, 0.15) is 6.07 Å². The minimum Gasteiger partial charge on any atom is -0.398 e. The molecule has 0 aliphatic rings. The van der Waals surface area contributed by atoms with Gasteiger partial charge in [-0.15, -0.1) is 0 Å². The third kappa shape index (κ3) is 4.00. The molecule has 28 heavy (non-hydrogen) atoms. The second-order valence-electron chi connectivity index (χ2n) is 6.36. The molecule has 142 valence electrons. The molecule has 6 heteroatoms. The monoisotopic (exact) mass is 391 g/mol. The Morgan fingerprint density at radius 2 is 1.61 bits per heavy atom. The molecule has 0 unspecified atom stereocenters. The molecule has 0 radical (unpaired) electrons. The Morgan fingerprint density at radius 3 is 2.21 bits per heavy atom. The molecule has 0 atom stereocenters. The van der Waals surface area contributed by atoms with Gasteiger partial charge in [-0.05, 0) is 55.0 Å². The maximum Gasteiger partial charge on any atom is 0.206 e. The van der Waals surface area contributed by atoms with Gasteiger partial charge in [-0.2, -0.15) is 5.26 Å². The Balaban J connectivity index is 1.83. The van der Waals surface area contributed by atoms with Gasteiger partial charge >= 0.3 is 0 Å². The molecule has 2 N–H and O–H groups in total. The SMILES string of the molecule is CCN(Cc1ccc(S(=O)(=O)c2ccccc2)cc1)c1ccc(N)c(C#N)c1. The number of benzene rings is 3. The fourth-order valence-electron chi connectivity index (χ4n) is 2.95. The fraction of sp³-hybridized carbons (Fsp3) is 0.136. The minimum absolute atomic E-state index is 0.268. The molecule has 3 rings (SSSR count). The van der Waals surface area contributed by atoms with Gasteiger partial charge in [-0.25, -0.2) is 8.42 Å².